The quantitative estimate of drug-likeness (QED) is 0.597. The minimum atomic E-state index is -0.320. The van der Waals surface area contributed by atoms with Crippen molar-refractivity contribution in [1.29, 1.82) is 0 Å². The molecule has 1 heterocycles. The van der Waals surface area contributed by atoms with Crippen LogP contribution in [0.4, 0.5) is 0 Å². The van der Waals surface area contributed by atoms with Crippen LogP contribution in [0.25, 0.3) is 0 Å². The van der Waals surface area contributed by atoms with Gasteiger partial charge in [-0.3, -0.25) is 9.59 Å². The molecule has 1 fully saturated rings. The summed E-state index contributed by atoms with van der Waals surface area (Å²) in [5.41, 5.74) is 0. The molecule has 0 N–H and O–H groups in total. The van der Waals surface area contributed by atoms with E-state index in [-0.39, 0.29) is 29.9 Å². The first kappa shape index (κ1) is 10.0. The van der Waals surface area contributed by atoms with Gasteiger partial charge in [0.1, 0.15) is 6.10 Å². The molecule has 1 rings (SSSR count). The Bertz CT molecular complexity index is 224. The van der Waals surface area contributed by atoms with E-state index >= 15 is 0 Å². The van der Waals surface area contributed by atoms with E-state index in [4.69, 9.17) is 9.47 Å². The standard InChI is InChI=1S/C9H14O4/c1-5-8(4-12-9(5)11)6(2)13-7(3)10/h5-6,8H,4H2,1-3H3. The second-order valence-corrected chi connectivity index (χ2v) is 3.40. The smallest absolute Gasteiger partial charge is 0.309 e. The Balaban J connectivity index is 2.52. The Labute approximate surface area is 77.2 Å². The lowest BCUT2D eigenvalue weighted by atomic mass is 9.93. The van der Waals surface area contributed by atoms with Crippen LogP contribution < -0.4 is 0 Å². The van der Waals surface area contributed by atoms with E-state index < -0.39 is 0 Å². The van der Waals surface area contributed by atoms with Gasteiger partial charge >= 0.3 is 11.9 Å². The molecule has 1 aliphatic rings. The predicted molar refractivity (Wildman–Crippen MR) is 44.8 cm³/mol. The monoisotopic (exact) mass is 186 g/mol. The van der Waals surface area contributed by atoms with Crippen molar-refractivity contribution in [2.75, 3.05) is 6.61 Å². The molecule has 0 saturated carbocycles. The van der Waals surface area contributed by atoms with Crippen molar-refractivity contribution in [3.63, 3.8) is 0 Å². The van der Waals surface area contributed by atoms with Crippen LogP contribution in [0.2, 0.25) is 0 Å². The molecule has 3 unspecified atom stereocenters. The molecule has 74 valence electrons. The number of esters is 2. The van der Waals surface area contributed by atoms with Crippen LogP contribution in [-0.2, 0) is 19.1 Å². The Morgan fingerprint density at radius 2 is 2.31 bits per heavy atom. The topological polar surface area (TPSA) is 52.6 Å². The van der Waals surface area contributed by atoms with Crippen LogP contribution in [0.15, 0.2) is 0 Å². The van der Waals surface area contributed by atoms with Gasteiger partial charge in [-0.05, 0) is 6.92 Å². The lowest BCUT2D eigenvalue weighted by molar-refractivity contribution is -0.149. The number of rotatable bonds is 2. The minimum absolute atomic E-state index is 0.00333. The molecular weight excluding hydrogens is 172 g/mol. The van der Waals surface area contributed by atoms with Crippen LogP contribution in [0.5, 0.6) is 0 Å². The van der Waals surface area contributed by atoms with Gasteiger partial charge in [0.2, 0.25) is 0 Å². The molecule has 13 heavy (non-hydrogen) atoms. The van der Waals surface area contributed by atoms with Gasteiger partial charge in [-0.2, -0.15) is 0 Å². The number of ether oxygens (including phenoxy) is 2. The second-order valence-electron chi connectivity index (χ2n) is 3.40. The van der Waals surface area contributed by atoms with E-state index in [1.165, 1.54) is 6.92 Å². The normalized spacial score (nSPS) is 29.6. The average molecular weight is 186 g/mol. The van der Waals surface area contributed by atoms with Crippen molar-refractivity contribution in [2.24, 2.45) is 11.8 Å². The second kappa shape index (κ2) is 3.77. The van der Waals surface area contributed by atoms with Crippen LogP contribution in [0.3, 0.4) is 0 Å². The molecule has 0 aliphatic carbocycles. The zero-order valence-corrected chi connectivity index (χ0v) is 8.07. The summed E-state index contributed by atoms with van der Waals surface area (Å²) in [5, 5.41) is 0. The van der Waals surface area contributed by atoms with Gasteiger partial charge in [0.25, 0.3) is 0 Å². The first-order valence-electron chi connectivity index (χ1n) is 4.36. The molecule has 0 aromatic heterocycles. The van der Waals surface area contributed by atoms with Gasteiger partial charge in [-0.1, -0.05) is 6.92 Å². The molecule has 0 bridgehead atoms. The van der Waals surface area contributed by atoms with Crippen molar-refractivity contribution >= 4 is 11.9 Å². The van der Waals surface area contributed by atoms with E-state index in [2.05, 4.69) is 0 Å². The zero-order valence-electron chi connectivity index (χ0n) is 8.07. The van der Waals surface area contributed by atoms with Gasteiger partial charge < -0.3 is 9.47 Å². The van der Waals surface area contributed by atoms with Crippen molar-refractivity contribution in [3.05, 3.63) is 0 Å². The Kier molecular flexibility index (Phi) is 2.90. The lowest BCUT2D eigenvalue weighted by Gasteiger charge is -2.19. The van der Waals surface area contributed by atoms with Gasteiger partial charge in [0, 0.05) is 12.8 Å². The number of carbonyl (C=O) groups excluding carboxylic acids is 2. The lowest BCUT2D eigenvalue weighted by Crippen LogP contribution is -2.28. The number of hydrogen-bond donors (Lipinski definition) is 0. The highest BCUT2D eigenvalue weighted by atomic mass is 16.6. The summed E-state index contributed by atoms with van der Waals surface area (Å²) < 4.78 is 9.83. The Morgan fingerprint density at radius 1 is 1.69 bits per heavy atom. The van der Waals surface area contributed by atoms with E-state index in [0.29, 0.717) is 6.61 Å². The van der Waals surface area contributed by atoms with Crippen molar-refractivity contribution in [2.45, 2.75) is 26.9 Å². The molecular formula is C9H14O4. The predicted octanol–water partition coefficient (Wildman–Crippen LogP) is 0.747. The zero-order chi connectivity index (χ0) is 10.0. The summed E-state index contributed by atoms with van der Waals surface area (Å²) in [5.74, 6) is -0.700. The molecule has 0 radical (unpaired) electrons. The Morgan fingerprint density at radius 3 is 2.69 bits per heavy atom. The Hall–Kier alpha value is -1.06. The summed E-state index contributed by atoms with van der Waals surface area (Å²) in [7, 11) is 0. The van der Waals surface area contributed by atoms with E-state index in [1.807, 2.05) is 0 Å². The van der Waals surface area contributed by atoms with E-state index in [0.717, 1.165) is 0 Å². The van der Waals surface area contributed by atoms with Crippen LogP contribution >= 0.6 is 0 Å². The SMILES string of the molecule is CC(=O)OC(C)C1COC(=O)C1C. The molecule has 1 saturated heterocycles. The summed E-state index contributed by atoms with van der Waals surface area (Å²) in [6.07, 6.45) is -0.251. The molecule has 4 heteroatoms. The van der Waals surface area contributed by atoms with Crippen molar-refractivity contribution in [1.82, 2.24) is 0 Å². The fraction of sp³-hybridized carbons (Fsp3) is 0.778. The molecule has 1 aliphatic heterocycles. The molecule has 3 atom stereocenters. The summed E-state index contributed by atoms with van der Waals surface area (Å²) in [4.78, 5) is 21.7. The van der Waals surface area contributed by atoms with Crippen molar-refractivity contribution < 1.29 is 19.1 Å². The number of cyclic esters (lactones) is 1. The molecule has 0 aromatic rings. The van der Waals surface area contributed by atoms with Crippen LogP contribution in [-0.4, -0.2) is 24.6 Å². The van der Waals surface area contributed by atoms with Crippen molar-refractivity contribution in [3.8, 4) is 0 Å². The maximum atomic E-state index is 11.0. The van der Waals surface area contributed by atoms with Gasteiger partial charge in [0.05, 0.1) is 12.5 Å². The summed E-state index contributed by atoms with van der Waals surface area (Å²) in [6, 6.07) is 0. The summed E-state index contributed by atoms with van der Waals surface area (Å²) in [6.45, 7) is 5.29. The third-order valence-electron chi connectivity index (χ3n) is 2.39. The fourth-order valence-electron chi connectivity index (χ4n) is 1.52. The highest BCUT2D eigenvalue weighted by Crippen LogP contribution is 2.26. The van der Waals surface area contributed by atoms with Gasteiger partial charge in [0.15, 0.2) is 0 Å². The molecule has 4 nitrogen and oxygen atoms in total. The van der Waals surface area contributed by atoms with Crippen LogP contribution in [0, 0.1) is 11.8 Å². The van der Waals surface area contributed by atoms with Gasteiger partial charge in [-0.15, -0.1) is 0 Å². The third-order valence-corrected chi connectivity index (χ3v) is 2.39. The number of hydrogen-bond acceptors (Lipinski definition) is 4. The largest absolute Gasteiger partial charge is 0.465 e. The first-order chi connectivity index (χ1) is 6.02. The van der Waals surface area contributed by atoms with Crippen LogP contribution in [0.1, 0.15) is 20.8 Å². The molecule has 0 amide bonds. The van der Waals surface area contributed by atoms with Gasteiger partial charge in [-0.25, -0.2) is 0 Å². The molecule has 0 spiro atoms. The molecule has 0 aromatic carbocycles. The number of carbonyl (C=O) groups is 2. The summed E-state index contributed by atoms with van der Waals surface area (Å²) >= 11 is 0. The maximum Gasteiger partial charge on any atom is 0.309 e. The highest BCUT2D eigenvalue weighted by molar-refractivity contribution is 5.74. The minimum Gasteiger partial charge on any atom is -0.465 e. The maximum absolute atomic E-state index is 11.0. The van der Waals surface area contributed by atoms with E-state index in [1.54, 1.807) is 13.8 Å². The highest BCUT2D eigenvalue weighted by Gasteiger charge is 2.37. The first-order valence-corrected chi connectivity index (χ1v) is 4.36. The average Bonchev–Trinajstić information content (AvgIpc) is 2.31. The third kappa shape index (κ3) is 2.20. The van der Waals surface area contributed by atoms with E-state index in [9.17, 15) is 9.59 Å². The fourth-order valence-corrected chi connectivity index (χ4v) is 1.52.